The number of thioether (sulfide) groups is 1. The summed E-state index contributed by atoms with van der Waals surface area (Å²) in [5.74, 6) is 1.53. The topological polar surface area (TPSA) is 85.3 Å². The van der Waals surface area contributed by atoms with Crippen molar-refractivity contribution in [2.75, 3.05) is 5.75 Å². The molecule has 1 unspecified atom stereocenters. The van der Waals surface area contributed by atoms with Gasteiger partial charge in [0.25, 0.3) is 12.0 Å². The van der Waals surface area contributed by atoms with Crippen molar-refractivity contribution in [2.24, 2.45) is 0 Å². The maximum atomic E-state index is 13.4. The molecule has 6 nitrogen and oxygen atoms in total. The summed E-state index contributed by atoms with van der Waals surface area (Å²) in [7, 11) is 0. The second-order valence-corrected chi connectivity index (χ2v) is 10.5. The molecule has 6 rings (SSSR count). The molecule has 0 aliphatic carbocycles. The van der Waals surface area contributed by atoms with E-state index in [0.29, 0.717) is 16.7 Å². The van der Waals surface area contributed by atoms with Crippen molar-refractivity contribution in [1.29, 1.82) is 0 Å². The number of hydrogen-bond acceptors (Lipinski definition) is 5. The molecule has 1 aliphatic rings. The highest BCUT2D eigenvalue weighted by Crippen LogP contribution is 2.44. The van der Waals surface area contributed by atoms with Crippen LogP contribution in [-0.2, 0) is 11.2 Å². The number of carbonyl (C=O) groups is 1. The first-order valence-electron chi connectivity index (χ1n) is 12.7. The van der Waals surface area contributed by atoms with Gasteiger partial charge >= 0.3 is 0 Å². The minimum atomic E-state index is -0.250. The first-order valence-corrected chi connectivity index (χ1v) is 14.5. The van der Waals surface area contributed by atoms with Gasteiger partial charge in [0.05, 0.1) is 15.1 Å². The molecule has 3 heterocycles. The molecule has 0 saturated heterocycles. The van der Waals surface area contributed by atoms with Crippen LogP contribution in [0.15, 0.2) is 97.7 Å². The number of carboxylic acid groups (broad SMARTS) is 1. The van der Waals surface area contributed by atoms with Crippen molar-refractivity contribution >= 4 is 44.9 Å². The number of pyridine rings is 1. The molecule has 8 heteroatoms. The summed E-state index contributed by atoms with van der Waals surface area (Å²) >= 11 is 5.39. The molecule has 5 aromatic rings. The fourth-order valence-corrected chi connectivity index (χ4v) is 6.55. The van der Waals surface area contributed by atoms with Crippen LogP contribution >= 0.6 is 27.7 Å². The largest absolute Gasteiger partial charge is 0.483 e. The molecular formula is C31H29BrN2O4S. The van der Waals surface area contributed by atoms with E-state index in [1.165, 1.54) is 16.3 Å². The fraction of sp³-hybridized carbons (Fsp3) is 0.194. The summed E-state index contributed by atoms with van der Waals surface area (Å²) in [5.41, 5.74) is 4.84. The summed E-state index contributed by atoms with van der Waals surface area (Å²) in [4.78, 5) is 21.8. The average molecular weight is 606 g/mol. The van der Waals surface area contributed by atoms with Gasteiger partial charge in [-0.2, -0.15) is 0 Å². The predicted octanol–water partition coefficient (Wildman–Crippen LogP) is 8.07. The Hall–Kier alpha value is -3.62. The van der Waals surface area contributed by atoms with Gasteiger partial charge in [-0.1, -0.05) is 91.8 Å². The Morgan fingerprint density at radius 2 is 1.74 bits per heavy atom. The van der Waals surface area contributed by atoms with E-state index in [-0.39, 0.29) is 18.1 Å². The van der Waals surface area contributed by atoms with Crippen LogP contribution in [0.1, 0.15) is 37.9 Å². The molecule has 1 N–H and O–H groups in total. The maximum Gasteiger partial charge on any atom is 0.290 e. The minimum absolute atomic E-state index is 0.00860. The van der Waals surface area contributed by atoms with E-state index in [2.05, 4.69) is 64.4 Å². The van der Waals surface area contributed by atoms with E-state index >= 15 is 0 Å². The number of hydrogen-bond donors (Lipinski definition) is 1. The lowest BCUT2D eigenvalue weighted by Crippen LogP contribution is -2.25. The van der Waals surface area contributed by atoms with Gasteiger partial charge < -0.3 is 9.63 Å². The summed E-state index contributed by atoms with van der Waals surface area (Å²) in [6.07, 6.45) is 0.608. The van der Waals surface area contributed by atoms with Crippen LogP contribution < -0.4 is 5.56 Å². The van der Waals surface area contributed by atoms with E-state index in [4.69, 9.17) is 14.4 Å². The molecule has 2 aromatic heterocycles. The zero-order valence-corrected chi connectivity index (χ0v) is 24.3. The third kappa shape index (κ3) is 5.72. The standard InChI is InChI=1S/C28H21BrN2O2S.C2H6.CH2O2/c1-17-16-34-28-25(24-15-23(30-33-24)19-9-3-2-4-10-19)22(26(29)27(32)31(17)28)14-20-12-7-11-18-8-5-6-13-21(18)20;1-2;2-1-3/h2-13,15,17H,14,16H2,1H3;1-2H3;1H,(H,2,3). The Bertz CT molecular complexity index is 1640. The van der Waals surface area contributed by atoms with Gasteiger partial charge in [-0.05, 0) is 44.8 Å². The molecule has 0 amide bonds. The van der Waals surface area contributed by atoms with Crippen molar-refractivity contribution in [3.05, 3.63) is 105 Å². The molecule has 3 aromatic carbocycles. The lowest BCUT2D eigenvalue weighted by Gasteiger charge is -2.17. The third-order valence-electron chi connectivity index (χ3n) is 6.38. The monoisotopic (exact) mass is 604 g/mol. The van der Waals surface area contributed by atoms with Crippen molar-refractivity contribution < 1.29 is 14.4 Å². The number of fused-ring (bicyclic) bond motifs is 2. The van der Waals surface area contributed by atoms with Gasteiger partial charge in [0.2, 0.25) is 0 Å². The van der Waals surface area contributed by atoms with E-state index in [1.54, 1.807) is 11.8 Å². The molecule has 1 aliphatic heterocycles. The molecule has 200 valence electrons. The lowest BCUT2D eigenvalue weighted by atomic mass is 9.95. The molecule has 0 radical (unpaired) electrons. The van der Waals surface area contributed by atoms with Gasteiger partial charge in [-0.3, -0.25) is 14.2 Å². The summed E-state index contributed by atoms with van der Waals surface area (Å²) in [6.45, 7) is 5.83. The van der Waals surface area contributed by atoms with Crippen molar-refractivity contribution in [3.8, 4) is 22.6 Å². The molecule has 0 bridgehead atoms. The van der Waals surface area contributed by atoms with Crippen LogP contribution in [0.5, 0.6) is 0 Å². The lowest BCUT2D eigenvalue weighted by molar-refractivity contribution is -0.122. The highest BCUT2D eigenvalue weighted by molar-refractivity contribution is 9.10. The fourth-order valence-electron chi connectivity index (χ4n) is 4.70. The maximum absolute atomic E-state index is 13.4. The van der Waals surface area contributed by atoms with Crippen LogP contribution in [0.4, 0.5) is 0 Å². The second kappa shape index (κ2) is 13.0. The summed E-state index contributed by atoms with van der Waals surface area (Å²) in [6, 6.07) is 26.8. The SMILES string of the molecule is CC.CC1CSc2c(-c3cc(-c4ccccc4)no3)c(Cc3cccc4ccccc34)c(Br)c(=O)n21.O=CO. The smallest absolute Gasteiger partial charge is 0.290 e. The van der Waals surface area contributed by atoms with E-state index in [1.807, 2.05) is 60.9 Å². The second-order valence-electron chi connectivity index (χ2n) is 8.67. The molecule has 0 saturated carbocycles. The zero-order chi connectivity index (χ0) is 27.9. The highest BCUT2D eigenvalue weighted by Gasteiger charge is 2.31. The normalized spacial score (nSPS) is 13.6. The summed E-state index contributed by atoms with van der Waals surface area (Å²) in [5, 5.41) is 14.6. The van der Waals surface area contributed by atoms with E-state index in [9.17, 15) is 4.79 Å². The quantitative estimate of drug-likeness (QED) is 0.209. The van der Waals surface area contributed by atoms with E-state index in [0.717, 1.165) is 33.2 Å². The number of halogens is 1. The van der Waals surface area contributed by atoms with Crippen LogP contribution in [-0.4, -0.2) is 27.1 Å². The Morgan fingerprint density at radius 1 is 1.08 bits per heavy atom. The third-order valence-corrected chi connectivity index (χ3v) is 8.52. The molecular weight excluding hydrogens is 576 g/mol. The molecule has 1 atom stereocenters. The number of benzene rings is 3. The van der Waals surface area contributed by atoms with Crippen LogP contribution in [0.25, 0.3) is 33.4 Å². The number of nitrogens with zero attached hydrogens (tertiary/aromatic N) is 2. The Morgan fingerprint density at radius 3 is 2.49 bits per heavy atom. The Kier molecular flexibility index (Phi) is 9.43. The molecule has 39 heavy (non-hydrogen) atoms. The zero-order valence-electron chi connectivity index (χ0n) is 21.9. The van der Waals surface area contributed by atoms with Gasteiger partial charge in [0, 0.05) is 29.8 Å². The summed E-state index contributed by atoms with van der Waals surface area (Å²) < 4.78 is 8.41. The average Bonchev–Trinajstić information content (AvgIpc) is 3.61. The van der Waals surface area contributed by atoms with Gasteiger partial charge in [0.15, 0.2) is 5.76 Å². The predicted molar refractivity (Wildman–Crippen MR) is 162 cm³/mol. The number of aromatic nitrogens is 2. The van der Waals surface area contributed by atoms with Crippen LogP contribution in [0.2, 0.25) is 0 Å². The van der Waals surface area contributed by atoms with Gasteiger partial charge in [-0.25, -0.2) is 0 Å². The van der Waals surface area contributed by atoms with Gasteiger partial charge in [-0.15, -0.1) is 11.8 Å². The van der Waals surface area contributed by atoms with Crippen molar-refractivity contribution in [1.82, 2.24) is 9.72 Å². The highest BCUT2D eigenvalue weighted by atomic mass is 79.9. The number of rotatable bonds is 4. The minimum Gasteiger partial charge on any atom is -0.483 e. The Balaban J connectivity index is 0.000000662. The van der Waals surface area contributed by atoms with Crippen molar-refractivity contribution in [2.45, 2.75) is 38.3 Å². The van der Waals surface area contributed by atoms with Crippen LogP contribution in [0.3, 0.4) is 0 Å². The molecule has 0 fully saturated rings. The van der Waals surface area contributed by atoms with Crippen LogP contribution in [0, 0.1) is 0 Å². The van der Waals surface area contributed by atoms with E-state index < -0.39 is 0 Å². The Labute approximate surface area is 239 Å². The first kappa shape index (κ1) is 28.4. The van der Waals surface area contributed by atoms with Gasteiger partial charge in [0.1, 0.15) is 5.69 Å². The first-order chi connectivity index (χ1) is 19.0. The van der Waals surface area contributed by atoms with Crippen molar-refractivity contribution in [3.63, 3.8) is 0 Å². The molecule has 0 spiro atoms.